The van der Waals surface area contributed by atoms with E-state index in [1.54, 1.807) is 0 Å². The zero-order chi connectivity index (χ0) is 15.2. The highest BCUT2D eigenvalue weighted by Gasteiger charge is 2.18. The molecule has 1 heterocycles. The summed E-state index contributed by atoms with van der Waals surface area (Å²) in [6, 6.07) is 7.22. The first kappa shape index (κ1) is 16.5. The van der Waals surface area contributed by atoms with E-state index < -0.39 is 0 Å². The van der Waals surface area contributed by atoms with Crippen LogP contribution in [0.4, 0.5) is 0 Å². The second kappa shape index (κ2) is 7.92. The molecule has 0 amide bonds. The molecule has 1 saturated heterocycles. The Morgan fingerprint density at radius 3 is 2.57 bits per heavy atom. The first-order chi connectivity index (χ1) is 10.1. The third-order valence-electron chi connectivity index (χ3n) is 4.31. The van der Waals surface area contributed by atoms with Gasteiger partial charge in [-0.15, -0.1) is 0 Å². The van der Waals surface area contributed by atoms with Gasteiger partial charge in [0.25, 0.3) is 0 Å². The molecule has 0 saturated carbocycles. The third-order valence-corrected chi connectivity index (χ3v) is 4.31. The van der Waals surface area contributed by atoms with E-state index in [9.17, 15) is 0 Å². The lowest BCUT2D eigenvalue weighted by molar-refractivity contribution is 0.0410. The van der Waals surface area contributed by atoms with Crippen molar-refractivity contribution in [2.45, 2.75) is 32.7 Å². The Bertz CT molecular complexity index is 421. The van der Waals surface area contributed by atoms with Crippen LogP contribution < -0.4 is 5.32 Å². The molecule has 3 nitrogen and oxygen atoms in total. The van der Waals surface area contributed by atoms with Crippen LogP contribution in [0.2, 0.25) is 0 Å². The van der Waals surface area contributed by atoms with E-state index in [1.165, 1.54) is 29.5 Å². The molecule has 118 valence electrons. The van der Waals surface area contributed by atoms with Gasteiger partial charge in [-0.1, -0.05) is 29.3 Å². The van der Waals surface area contributed by atoms with Crippen LogP contribution in [0.3, 0.4) is 0 Å². The Balaban J connectivity index is 1.94. The summed E-state index contributed by atoms with van der Waals surface area (Å²) in [6.45, 7) is 8.39. The van der Waals surface area contributed by atoms with Crippen molar-refractivity contribution < 1.29 is 4.74 Å². The Hall–Kier alpha value is -0.900. The first-order valence-electron chi connectivity index (χ1n) is 8.10. The van der Waals surface area contributed by atoms with Crippen molar-refractivity contribution in [3.63, 3.8) is 0 Å². The number of aryl methyl sites for hydroxylation is 2. The van der Waals surface area contributed by atoms with Gasteiger partial charge in [0.15, 0.2) is 0 Å². The molecule has 1 aromatic rings. The van der Waals surface area contributed by atoms with Gasteiger partial charge in [0, 0.05) is 25.7 Å². The van der Waals surface area contributed by atoms with E-state index in [-0.39, 0.29) is 0 Å². The minimum Gasteiger partial charge on any atom is -0.381 e. The molecule has 1 N–H and O–H groups in total. The van der Waals surface area contributed by atoms with Crippen LogP contribution in [0.1, 0.15) is 35.6 Å². The number of likely N-dealkylation sites (N-methyl/N-ethyl adjacent to an activating group) is 2. The second-order valence-electron chi connectivity index (χ2n) is 6.57. The summed E-state index contributed by atoms with van der Waals surface area (Å²) in [5.74, 6) is 0.695. The summed E-state index contributed by atoms with van der Waals surface area (Å²) < 4.78 is 5.59. The molecule has 0 spiro atoms. The number of hydrogen-bond acceptors (Lipinski definition) is 3. The number of hydrogen-bond donors (Lipinski definition) is 1. The number of rotatable bonds is 6. The Morgan fingerprint density at radius 2 is 2.00 bits per heavy atom. The Morgan fingerprint density at radius 1 is 1.29 bits per heavy atom. The molecule has 1 aliphatic heterocycles. The third kappa shape index (κ3) is 5.10. The molecule has 1 aromatic carbocycles. The summed E-state index contributed by atoms with van der Waals surface area (Å²) in [4.78, 5) is 2.44. The molecule has 0 radical (unpaired) electrons. The average molecular weight is 290 g/mol. The standard InChI is InChI=1S/C18H30N2O/c1-14-8-15(2)10-17(9-14)18(19-3)12-20(4)11-16-6-5-7-21-13-16/h8-10,16,18-19H,5-7,11-13H2,1-4H3. The molecule has 0 bridgehead atoms. The second-order valence-corrected chi connectivity index (χ2v) is 6.57. The van der Waals surface area contributed by atoms with E-state index in [2.05, 4.69) is 56.4 Å². The molecule has 1 aliphatic rings. The van der Waals surface area contributed by atoms with Crippen molar-refractivity contribution in [2.75, 3.05) is 40.4 Å². The Labute approximate surface area is 129 Å². The molecule has 0 aromatic heterocycles. The molecule has 21 heavy (non-hydrogen) atoms. The van der Waals surface area contributed by atoms with Crippen LogP contribution in [-0.2, 0) is 4.74 Å². The maximum Gasteiger partial charge on any atom is 0.0506 e. The summed E-state index contributed by atoms with van der Waals surface area (Å²) >= 11 is 0. The fourth-order valence-corrected chi connectivity index (χ4v) is 3.35. The maximum absolute atomic E-state index is 5.59. The molecule has 0 aliphatic carbocycles. The van der Waals surface area contributed by atoms with Gasteiger partial charge < -0.3 is 15.0 Å². The molecular weight excluding hydrogens is 260 g/mol. The van der Waals surface area contributed by atoms with E-state index in [0.29, 0.717) is 12.0 Å². The van der Waals surface area contributed by atoms with Crippen molar-refractivity contribution in [3.05, 3.63) is 34.9 Å². The lowest BCUT2D eigenvalue weighted by atomic mass is 9.99. The van der Waals surface area contributed by atoms with Crippen molar-refractivity contribution in [1.82, 2.24) is 10.2 Å². The van der Waals surface area contributed by atoms with Gasteiger partial charge in [-0.05, 0) is 52.3 Å². The fourth-order valence-electron chi connectivity index (χ4n) is 3.35. The van der Waals surface area contributed by atoms with Gasteiger partial charge in [0.05, 0.1) is 6.61 Å². The van der Waals surface area contributed by atoms with Gasteiger partial charge in [0.1, 0.15) is 0 Å². The topological polar surface area (TPSA) is 24.5 Å². The monoisotopic (exact) mass is 290 g/mol. The van der Waals surface area contributed by atoms with Crippen LogP contribution in [0.15, 0.2) is 18.2 Å². The van der Waals surface area contributed by atoms with Gasteiger partial charge in [-0.3, -0.25) is 0 Å². The quantitative estimate of drug-likeness (QED) is 0.872. The number of nitrogens with one attached hydrogen (secondary N) is 1. The van der Waals surface area contributed by atoms with Crippen molar-refractivity contribution in [2.24, 2.45) is 5.92 Å². The van der Waals surface area contributed by atoms with Crippen molar-refractivity contribution in [3.8, 4) is 0 Å². The maximum atomic E-state index is 5.59. The van der Waals surface area contributed by atoms with Crippen LogP contribution in [0.5, 0.6) is 0 Å². The largest absolute Gasteiger partial charge is 0.381 e. The summed E-state index contributed by atoms with van der Waals surface area (Å²) in [6.07, 6.45) is 2.52. The van der Waals surface area contributed by atoms with Gasteiger partial charge in [-0.25, -0.2) is 0 Å². The van der Waals surface area contributed by atoms with E-state index >= 15 is 0 Å². The molecule has 3 heteroatoms. The minimum absolute atomic E-state index is 0.387. The lowest BCUT2D eigenvalue weighted by Gasteiger charge is -2.30. The summed E-state index contributed by atoms with van der Waals surface area (Å²) in [5.41, 5.74) is 4.07. The van der Waals surface area contributed by atoms with Crippen molar-refractivity contribution >= 4 is 0 Å². The predicted molar refractivity (Wildman–Crippen MR) is 88.8 cm³/mol. The van der Waals surface area contributed by atoms with E-state index in [0.717, 1.165) is 26.3 Å². The molecule has 2 atom stereocenters. The SMILES string of the molecule is CNC(CN(C)CC1CCCOC1)c1cc(C)cc(C)c1. The average Bonchev–Trinajstić information content (AvgIpc) is 2.44. The molecule has 2 rings (SSSR count). The molecule has 2 unspecified atom stereocenters. The minimum atomic E-state index is 0.387. The highest BCUT2D eigenvalue weighted by Crippen LogP contribution is 2.19. The first-order valence-corrected chi connectivity index (χ1v) is 8.10. The van der Waals surface area contributed by atoms with Crippen LogP contribution >= 0.6 is 0 Å². The van der Waals surface area contributed by atoms with Gasteiger partial charge >= 0.3 is 0 Å². The van der Waals surface area contributed by atoms with Crippen LogP contribution in [-0.4, -0.2) is 45.3 Å². The van der Waals surface area contributed by atoms with E-state index in [1.807, 2.05) is 0 Å². The Kier molecular flexibility index (Phi) is 6.22. The highest BCUT2D eigenvalue weighted by atomic mass is 16.5. The zero-order valence-electron chi connectivity index (χ0n) is 14.0. The normalized spacial score (nSPS) is 20.7. The van der Waals surface area contributed by atoms with Crippen molar-refractivity contribution in [1.29, 1.82) is 0 Å². The lowest BCUT2D eigenvalue weighted by Crippen LogP contribution is -2.36. The number of nitrogens with zero attached hydrogens (tertiary/aromatic N) is 1. The zero-order valence-corrected chi connectivity index (χ0v) is 14.0. The van der Waals surface area contributed by atoms with Crippen LogP contribution in [0, 0.1) is 19.8 Å². The number of ether oxygens (including phenoxy) is 1. The predicted octanol–water partition coefficient (Wildman–Crippen LogP) is 2.92. The van der Waals surface area contributed by atoms with Gasteiger partial charge in [-0.2, -0.15) is 0 Å². The van der Waals surface area contributed by atoms with Gasteiger partial charge in [0.2, 0.25) is 0 Å². The molecule has 1 fully saturated rings. The van der Waals surface area contributed by atoms with Crippen LogP contribution in [0.25, 0.3) is 0 Å². The molecular formula is C18H30N2O. The summed E-state index contributed by atoms with van der Waals surface area (Å²) in [7, 11) is 4.28. The number of benzene rings is 1. The highest BCUT2D eigenvalue weighted by molar-refractivity contribution is 5.30. The van der Waals surface area contributed by atoms with E-state index in [4.69, 9.17) is 4.74 Å². The smallest absolute Gasteiger partial charge is 0.0506 e. The fraction of sp³-hybridized carbons (Fsp3) is 0.667. The summed E-state index contributed by atoms with van der Waals surface area (Å²) in [5, 5.41) is 3.47.